The third-order valence-corrected chi connectivity index (χ3v) is 5.00. The molecule has 154 valence electrons. The van der Waals surface area contributed by atoms with E-state index in [4.69, 9.17) is 9.47 Å². The fourth-order valence-corrected chi connectivity index (χ4v) is 3.34. The Balaban J connectivity index is 0.00000364. The van der Waals surface area contributed by atoms with E-state index >= 15 is 0 Å². The lowest BCUT2D eigenvalue weighted by molar-refractivity contribution is 0.167. The molecule has 1 aromatic carbocycles. The number of benzene rings is 1. The van der Waals surface area contributed by atoms with Crippen molar-refractivity contribution in [2.75, 3.05) is 40.9 Å². The molecule has 0 aromatic heterocycles. The number of guanidine groups is 1. The maximum Gasteiger partial charge on any atom is 0.191 e. The first-order valence-electron chi connectivity index (χ1n) is 9.49. The van der Waals surface area contributed by atoms with Crippen LogP contribution < -0.4 is 20.1 Å². The van der Waals surface area contributed by atoms with E-state index in [1.807, 2.05) is 25.2 Å². The summed E-state index contributed by atoms with van der Waals surface area (Å²) in [5.74, 6) is 2.60. The topological polar surface area (TPSA) is 58.1 Å². The average Bonchev–Trinajstić information content (AvgIpc) is 2.67. The number of halogens is 1. The first kappa shape index (κ1) is 23.8. The summed E-state index contributed by atoms with van der Waals surface area (Å²) in [6, 6.07) is 7.01. The Morgan fingerprint density at radius 1 is 1.22 bits per heavy atom. The van der Waals surface area contributed by atoms with Gasteiger partial charge in [0.2, 0.25) is 0 Å². The smallest absolute Gasteiger partial charge is 0.191 e. The molecule has 0 spiro atoms. The quantitative estimate of drug-likeness (QED) is 0.350. The summed E-state index contributed by atoms with van der Waals surface area (Å²) in [6.45, 7) is 7.61. The highest BCUT2D eigenvalue weighted by Crippen LogP contribution is 2.24. The van der Waals surface area contributed by atoms with Gasteiger partial charge in [-0.25, -0.2) is 0 Å². The van der Waals surface area contributed by atoms with Crippen LogP contribution in [0.4, 0.5) is 0 Å². The van der Waals surface area contributed by atoms with Crippen molar-refractivity contribution in [2.45, 2.75) is 45.2 Å². The van der Waals surface area contributed by atoms with E-state index in [2.05, 4.69) is 34.4 Å². The molecular weight excluding hydrogens is 455 g/mol. The third-order valence-electron chi connectivity index (χ3n) is 5.00. The fraction of sp³-hybridized carbons (Fsp3) is 0.650. The van der Waals surface area contributed by atoms with Crippen LogP contribution in [0.15, 0.2) is 23.2 Å². The molecule has 1 aromatic rings. The van der Waals surface area contributed by atoms with Crippen LogP contribution in [0.2, 0.25) is 0 Å². The monoisotopic (exact) mass is 490 g/mol. The van der Waals surface area contributed by atoms with Gasteiger partial charge in [-0.05, 0) is 56.9 Å². The predicted octanol–water partition coefficient (Wildman–Crippen LogP) is 2.90. The second-order valence-corrected chi connectivity index (χ2v) is 6.98. The first-order chi connectivity index (χ1) is 12.6. The van der Waals surface area contributed by atoms with E-state index in [0.29, 0.717) is 12.1 Å². The first-order valence-corrected chi connectivity index (χ1v) is 9.49. The third kappa shape index (κ3) is 7.37. The van der Waals surface area contributed by atoms with Gasteiger partial charge in [0, 0.05) is 38.8 Å². The largest absolute Gasteiger partial charge is 0.497 e. The predicted molar refractivity (Wildman–Crippen MR) is 123 cm³/mol. The molecule has 1 saturated heterocycles. The Morgan fingerprint density at radius 2 is 1.93 bits per heavy atom. The lowest BCUT2D eigenvalue weighted by Gasteiger charge is -2.35. The molecule has 6 nitrogen and oxygen atoms in total. The van der Waals surface area contributed by atoms with Crippen molar-refractivity contribution in [1.82, 2.24) is 15.5 Å². The summed E-state index contributed by atoms with van der Waals surface area (Å²) in [4.78, 5) is 6.90. The number of rotatable bonds is 7. The molecule has 2 rings (SSSR count). The van der Waals surface area contributed by atoms with Gasteiger partial charge in [0.25, 0.3) is 0 Å². The summed E-state index contributed by atoms with van der Waals surface area (Å²) in [6.07, 6.45) is 3.15. The summed E-state index contributed by atoms with van der Waals surface area (Å²) in [5, 5.41) is 6.98. The highest BCUT2D eigenvalue weighted by molar-refractivity contribution is 14.0. The number of nitrogens with zero attached hydrogens (tertiary/aromatic N) is 2. The summed E-state index contributed by atoms with van der Waals surface area (Å²) in [5.41, 5.74) is 1.13. The number of piperidine rings is 1. The Kier molecular flexibility index (Phi) is 10.8. The van der Waals surface area contributed by atoms with E-state index in [1.165, 1.54) is 0 Å². The molecule has 2 N–H and O–H groups in total. The molecule has 0 amide bonds. The minimum Gasteiger partial charge on any atom is -0.497 e. The van der Waals surface area contributed by atoms with Crippen molar-refractivity contribution in [3.8, 4) is 11.5 Å². The highest BCUT2D eigenvalue weighted by Gasteiger charge is 2.21. The maximum atomic E-state index is 5.45. The molecular formula is C20H35IN4O2. The fourth-order valence-electron chi connectivity index (χ4n) is 3.34. The molecule has 27 heavy (non-hydrogen) atoms. The number of methoxy groups -OCH3 is 2. The molecule has 0 bridgehead atoms. The Labute approximate surface area is 181 Å². The van der Waals surface area contributed by atoms with E-state index in [0.717, 1.165) is 61.9 Å². The maximum absolute atomic E-state index is 5.45. The van der Waals surface area contributed by atoms with E-state index in [1.54, 1.807) is 14.2 Å². The zero-order chi connectivity index (χ0) is 18.9. The van der Waals surface area contributed by atoms with Crippen LogP contribution in [-0.4, -0.2) is 63.8 Å². The molecule has 0 radical (unpaired) electrons. The van der Waals surface area contributed by atoms with Crippen molar-refractivity contribution in [1.29, 1.82) is 0 Å². The molecule has 1 aliphatic rings. The van der Waals surface area contributed by atoms with E-state index < -0.39 is 0 Å². The van der Waals surface area contributed by atoms with Gasteiger partial charge in [-0.2, -0.15) is 0 Å². The molecule has 1 heterocycles. The van der Waals surface area contributed by atoms with Gasteiger partial charge in [-0.3, -0.25) is 4.99 Å². The minimum absolute atomic E-state index is 0. The molecule has 1 fully saturated rings. The zero-order valence-corrected chi connectivity index (χ0v) is 19.6. The zero-order valence-electron chi connectivity index (χ0n) is 17.2. The normalized spacial score (nSPS) is 16.0. The molecule has 1 aliphatic heterocycles. The minimum atomic E-state index is 0. The summed E-state index contributed by atoms with van der Waals surface area (Å²) in [7, 11) is 5.20. The van der Waals surface area contributed by atoms with Crippen LogP contribution in [-0.2, 0) is 6.42 Å². The molecule has 0 aliphatic carbocycles. The Morgan fingerprint density at radius 3 is 2.48 bits per heavy atom. The van der Waals surface area contributed by atoms with Gasteiger partial charge >= 0.3 is 0 Å². The Hall–Kier alpha value is -1.22. The second kappa shape index (κ2) is 12.3. The number of nitrogens with one attached hydrogen (secondary N) is 2. The number of hydrogen-bond acceptors (Lipinski definition) is 4. The number of ether oxygens (including phenoxy) is 2. The van der Waals surface area contributed by atoms with E-state index in [9.17, 15) is 0 Å². The number of aliphatic imine (C=N–C) groups is 1. The van der Waals surface area contributed by atoms with Crippen molar-refractivity contribution in [2.24, 2.45) is 4.99 Å². The second-order valence-electron chi connectivity index (χ2n) is 6.98. The summed E-state index contributed by atoms with van der Waals surface area (Å²) < 4.78 is 10.8. The molecule has 7 heteroatoms. The van der Waals surface area contributed by atoms with Crippen LogP contribution in [0.25, 0.3) is 0 Å². The van der Waals surface area contributed by atoms with Crippen molar-refractivity contribution >= 4 is 29.9 Å². The van der Waals surface area contributed by atoms with Gasteiger partial charge < -0.3 is 25.0 Å². The van der Waals surface area contributed by atoms with Gasteiger partial charge in [-0.15, -0.1) is 24.0 Å². The molecule has 0 atom stereocenters. The van der Waals surface area contributed by atoms with Crippen LogP contribution in [0.3, 0.4) is 0 Å². The van der Waals surface area contributed by atoms with Crippen molar-refractivity contribution in [3.05, 3.63) is 23.8 Å². The SMILES string of the molecule is CN=C(NCCc1cc(OC)ccc1OC)NC1CCN(C(C)C)CC1.I. The van der Waals surface area contributed by atoms with Gasteiger partial charge in [0.15, 0.2) is 5.96 Å². The number of likely N-dealkylation sites (tertiary alicyclic amines) is 1. The lowest BCUT2D eigenvalue weighted by Crippen LogP contribution is -2.50. The van der Waals surface area contributed by atoms with Gasteiger partial charge in [-0.1, -0.05) is 0 Å². The summed E-state index contributed by atoms with van der Waals surface area (Å²) >= 11 is 0. The average molecular weight is 490 g/mol. The van der Waals surface area contributed by atoms with Crippen LogP contribution in [0.1, 0.15) is 32.3 Å². The Bertz CT molecular complexity index is 587. The van der Waals surface area contributed by atoms with Crippen molar-refractivity contribution < 1.29 is 9.47 Å². The molecule has 0 unspecified atom stereocenters. The number of hydrogen-bond donors (Lipinski definition) is 2. The highest BCUT2D eigenvalue weighted by atomic mass is 127. The van der Waals surface area contributed by atoms with Crippen LogP contribution in [0.5, 0.6) is 11.5 Å². The van der Waals surface area contributed by atoms with Crippen LogP contribution in [0, 0.1) is 0 Å². The van der Waals surface area contributed by atoms with Crippen molar-refractivity contribution in [3.63, 3.8) is 0 Å². The van der Waals surface area contributed by atoms with Crippen LogP contribution >= 0.6 is 24.0 Å². The standard InChI is InChI=1S/C20H34N4O2.HI/c1-15(2)24-12-9-17(10-13-24)23-20(21-3)22-11-8-16-14-18(25-4)6-7-19(16)26-5;/h6-7,14-15,17H,8-13H2,1-5H3,(H2,21,22,23);1H. The molecule has 0 saturated carbocycles. The van der Waals surface area contributed by atoms with Gasteiger partial charge in [0.1, 0.15) is 11.5 Å². The van der Waals surface area contributed by atoms with Gasteiger partial charge in [0.05, 0.1) is 14.2 Å². The lowest BCUT2D eigenvalue weighted by atomic mass is 10.0. The van der Waals surface area contributed by atoms with E-state index in [-0.39, 0.29) is 24.0 Å².